The molecule has 0 amide bonds. The zero-order valence-corrected chi connectivity index (χ0v) is 11.8. The van der Waals surface area contributed by atoms with Crippen LogP contribution in [0.15, 0.2) is 16.2 Å². The summed E-state index contributed by atoms with van der Waals surface area (Å²) in [6.07, 6.45) is 6.39. The van der Waals surface area contributed by atoms with Crippen LogP contribution in [0.4, 0.5) is 0 Å². The Morgan fingerprint density at radius 1 is 1.53 bits per heavy atom. The molecule has 1 aliphatic carbocycles. The second-order valence-corrected chi connectivity index (χ2v) is 5.87. The lowest BCUT2D eigenvalue weighted by molar-refractivity contribution is 0.346. The predicted molar refractivity (Wildman–Crippen MR) is 73.9 cm³/mol. The third kappa shape index (κ3) is 3.19. The lowest BCUT2D eigenvalue weighted by Crippen LogP contribution is -2.33. The van der Waals surface area contributed by atoms with Gasteiger partial charge in [0, 0.05) is 18.7 Å². The number of rotatable bonds is 7. The number of hydrogen-bond acceptors (Lipinski definition) is 6. The molecular formula is C13H18N4OS. The predicted octanol–water partition coefficient (Wildman–Crippen LogP) is 2.51. The molecule has 1 unspecified atom stereocenters. The summed E-state index contributed by atoms with van der Waals surface area (Å²) < 4.78 is 5.35. The first kappa shape index (κ1) is 12.7. The second kappa shape index (κ2) is 5.79. The molecule has 1 saturated carbocycles. The van der Waals surface area contributed by atoms with Crippen LogP contribution in [0.25, 0.3) is 10.7 Å². The summed E-state index contributed by atoms with van der Waals surface area (Å²) in [5.74, 6) is 2.16. The molecule has 2 aromatic heterocycles. The highest BCUT2D eigenvalue weighted by Crippen LogP contribution is 2.34. The van der Waals surface area contributed by atoms with Crippen LogP contribution < -0.4 is 5.32 Å². The van der Waals surface area contributed by atoms with Crippen molar-refractivity contribution in [3.63, 3.8) is 0 Å². The molecule has 0 aromatic carbocycles. The molecule has 6 heteroatoms. The maximum absolute atomic E-state index is 5.35. The lowest BCUT2D eigenvalue weighted by atomic mass is 10.1. The molecule has 19 heavy (non-hydrogen) atoms. The molecule has 0 saturated heterocycles. The summed E-state index contributed by atoms with van der Waals surface area (Å²) in [4.78, 5) is 9.45. The Morgan fingerprint density at radius 3 is 3.11 bits per heavy atom. The number of aromatic nitrogens is 3. The highest BCUT2D eigenvalue weighted by molar-refractivity contribution is 7.13. The van der Waals surface area contributed by atoms with Crippen molar-refractivity contribution in [1.82, 2.24) is 20.4 Å². The Kier molecular flexibility index (Phi) is 3.89. The molecule has 2 aromatic rings. The van der Waals surface area contributed by atoms with Crippen molar-refractivity contribution in [1.29, 1.82) is 0 Å². The highest BCUT2D eigenvalue weighted by Gasteiger charge is 2.32. The monoisotopic (exact) mass is 278 g/mol. The largest absolute Gasteiger partial charge is 0.339 e. The molecule has 1 atom stereocenters. The van der Waals surface area contributed by atoms with Crippen LogP contribution in [-0.4, -0.2) is 27.7 Å². The Hall–Kier alpha value is -1.27. The van der Waals surface area contributed by atoms with Gasteiger partial charge in [0.1, 0.15) is 0 Å². The fraction of sp³-hybridized carbons (Fsp3) is 0.615. The maximum Gasteiger partial charge on any atom is 0.228 e. The fourth-order valence-electron chi connectivity index (χ4n) is 2.19. The summed E-state index contributed by atoms with van der Waals surface area (Å²) in [6.45, 7) is 3.24. The van der Waals surface area contributed by atoms with E-state index < -0.39 is 0 Å². The number of hydrogen-bond donors (Lipinski definition) is 1. The summed E-state index contributed by atoms with van der Waals surface area (Å²) in [5, 5.41) is 7.61. The number of thiazole rings is 1. The standard InChI is InChI=1S/C13H18N4OS/c1-2-5-15-10(9-3-4-9)6-12-16-13(17-18-12)11-7-14-8-19-11/h7-10,15H,2-6H2,1H3. The van der Waals surface area contributed by atoms with Crippen LogP contribution in [0, 0.1) is 5.92 Å². The second-order valence-electron chi connectivity index (χ2n) is 4.98. The van der Waals surface area contributed by atoms with E-state index in [1.807, 2.05) is 0 Å². The van der Waals surface area contributed by atoms with Crippen LogP contribution in [0.3, 0.4) is 0 Å². The van der Waals surface area contributed by atoms with Gasteiger partial charge >= 0.3 is 0 Å². The van der Waals surface area contributed by atoms with Gasteiger partial charge in [-0.3, -0.25) is 4.98 Å². The highest BCUT2D eigenvalue weighted by atomic mass is 32.1. The summed E-state index contributed by atoms with van der Waals surface area (Å²) in [6, 6.07) is 0.481. The van der Waals surface area contributed by atoms with E-state index in [1.54, 1.807) is 11.7 Å². The van der Waals surface area contributed by atoms with Gasteiger partial charge in [0.05, 0.1) is 10.4 Å². The average Bonchev–Trinajstić information content (AvgIpc) is 2.93. The summed E-state index contributed by atoms with van der Waals surface area (Å²) in [5.41, 5.74) is 1.78. The zero-order valence-electron chi connectivity index (χ0n) is 11.0. The van der Waals surface area contributed by atoms with Crippen LogP contribution >= 0.6 is 11.3 Å². The number of nitrogens with zero attached hydrogens (tertiary/aromatic N) is 3. The van der Waals surface area contributed by atoms with Crippen molar-refractivity contribution < 1.29 is 4.52 Å². The SMILES string of the molecule is CCCNC(Cc1nc(-c2cncs2)no1)C1CC1. The van der Waals surface area contributed by atoms with Gasteiger partial charge < -0.3 is 9.84 Å². The molecule has 102 valence electrons. The quantitative estimate of drug-likeness (QED) is 0.843. The molecule has 0 radical (unpaired) electrons. The van der Waals surface area contributed by atoms with Gasteiger partial charge in [-0.1, -0.05) is 12.1 Å². The molecule has 1 fully saturated rings. The molecule has 0 bridgehead atoms. The van der Waals surface area contributed by atoms with E-state index in [1.165, 1.54) is 24.2 Å². The van der Waals surface area contributed by atoms with E-state index in [9.17, 15) is 0 Å². The van der Waals surface area contributed by atoms with Crippen LogP contribution in [0.1, 0.15) is 32.1 Å². The molecule has 2 heterocycles. The van der Waals surface area contributed by atoms with Crippen molar-refractivity contribution in [2.45, 2.75) is 38.6 Å². The lowest BCUT2D eigenvalue weighted by Gasteiger charge is -2.15. The van der Waals surface area contributed by atoms with Crippen molar-refractivity contribution in [3.05, 3.63) is 17.6 Å². The first-order valence-electron chi connectivity index (χ1n) is 6.81. The molecule has 3 rings (SSSR count). The van der Waals surface area contributed by atoms with E-state index in [0.29, 0.717) is 11.9 Å². The third-order valence-electron chi connectivity index (χ3n) is 3.36. The molecule has 0 aliphatic heterocycles. The minimum atomic E-state index is 0.481. The van der Waals surface area contributed by atoms with Crippen LogP contribution in [-0.2, 0) is 6.42 Å². The average molecular weight is 278 g/mol. The minimum absolute atomic E-state index is 0.481. The molecule has 0 spiro atoms. The molecular weight excluding hydrogens is 260 g/mol. The van der Waals surface area contributed by atoms with Gasteiger partial charge in [-0.2, -0.15) is 4.98 Å². The Morgan fingerprint density at radius 2 is 2.42 bits per heavy atom. The third-order valence-corrected chi connectivity index (χ3v) is 4.13. The van der Waals surface area contributed by atoms with Crippen molar-refractivity contribution in [2.24, 2.45) is 5.92 Å². The summed E-state index contributed by atoms with van der Waals surface area (Å²) >= 11 is 1.53. The summed E-state index contributed by atoms with van der Waals surface area (Å²) in [7, 11) is 0. The van der Waals surface area contributed by atoms with Gasteiger partial charge in [0.15, 0.2) is 0 Å². The van der Waals surface area contributed by atoms with E-state index in [2.05, 4.69) is 27.4 Å². The van der Waals surface area contributed by atoms with Gasteiger partial charge in [0.2, 0.25) is 11.7 Å². The van der Waals surface area contributed by atoms with E-state index in [4.69, 9.17) is 4.52 Å². The molecule has 5 nitrogen and oxygen atoms in total. The molecule has 1 N–H and O–H groups in total. The smallest absolute Gasteiger partial charge is 0.228 e. The van der Waals surface area contributed by atoms with Gasteiger partial charge in [-0.25, -0.2) is 0 Å². The van der Waals surface area contributed by atoms with Gasteiger partial charge in [0.25, 0.3) is 0 Å². The zero-order chi connectivity index (χ0) is 13.1. The minimum Gasteiger partial charge on any atom is -0.339 e. The van der Waals surface area contributed by atoms with Crippen molar-refractivity contribution in [2.75, 3.05) is 6.54 Å². The van der Waals surface area contributed by atoms with Crippen LogP contribution in [0.5, 0.6) is 0 Å². The van der Waals surface area contributed by atoms with Crippen molar-refractivity contribution >= 4 is 11.3 Å². The molecule has 1 aliphatic rings. The number of nitrogens with one attached hydrogen (secondary N) is 1. The van der Waals surface area contributed by atoms with E-state index >= 15 is 0 Å². The van der Waals surface area contributed by atoms with E-state index in [0.717, 1.165) is 36.1 Å². The normalized spacial score (nSPS) is 16.7. The van der Waals surface area contributed by atoms with Gasteiger partial charge in [-0.05, 0) is 31.7 Å². The first-order valence-corrected chi connectivity index (χ1v) is 7.69. The maximum atomic E-state index is 5.35. The van der Waals surface area contributed by atoms with Crippen molar-refractivity contribution in [3.8, 4) is 10.7 Å². The van der Waals surface area contributed by atoms with Gasteiger partial charge in [-0.15, -0.1) is 11.3 Å². The van der Waals surface area contributed by atoms with Crippen LogP contribution in [0.2, 0.25) is 0 Å². The van der Waals surface area contributed by atoms with E-state index in [-0.39, 0.29) is 0 Å². The Labute approximate surface area is 116 Å². The first-order chi connectivity index (χ1) is 9.36. The Balaban J connectivity index is 1.65. The topological polar surface area (TPSA) is 63.8 Å². The fourth-order valence-corrected chi connectivity index (χ4v) is 2.73. The Bertz CT molecular complexity index is 506.